The lowest BCUT2D eigenvalue weighted by molar-refractivity contribution is 0.102. The summed E-state index contributed by atoms with van der Waals surface area (Å²) in [6.45, 7) is 0. The number of nitrogens with one attached hydrogen (secondary N) is 2. The largest absolute Gasteiger partial charge is 0.395 e. The standard InChI is InChI=1S/C15H19N5O/c1-20(2)11-6-4-3-5-10(11)17-15(21)14-12(16)13(18-19-14)9-7-8-9/h3-6,9H,7-8,16H2,1-2H3,(H,17,21)(H,18,19). The minimum Gasteiger partial charge on any atom is -0.395 e. The first-order valence-electron chi connectivity index (χ1n) is 6.99. The number of anilines is 3. The molecule has 1 aliphatic rings. The van der Waals surface area contributed by atoms with Crippen LogP contribution in [0.15, 0.2) is 24.3 Å². The van der Waals surface area contributed by atoms with Crippen LogP contribution in [0.5, 0.6) is 0 Å². The van der Waals surface area contributed by atoms with Gasteiger partial charge in [0.2, 0.25) is 0 Å². The van der Waals surface area contributed by atoms with Gasteiger partial charge < -0.3 is 16.0 Å². The van der Waals surface area contributed by atoms with Crippen LogP contribution in [0.1, 0.15) is 34.9 Å². The van der Waals surface area contributed by atoms with Crippen molar-refractivity contribution >= 4 is 23.0 Å². The molecule has 4 N–H and O–H groups in total. The van der Waals surface area contributed by atoms with Gasteiger partial charge in [-0.2, -0.15) is 5.10 Å². The van der Waals surface area contributed by atoms with Crippen molar-refractivity contribution in [1.29, 1.82) is 0 Å². The van der Waals surface area contributed by atoms with Gasteiger partial charge in [-0.1, -0.05) is 12.1 Å². The number of H-pyrrole nitrogens is 1. The molecule has 6 nitrogen and oxygen atoms in total. The van der Waals surface area contributed by atoms with E-state index in [9.17, 15) is 4.79 Å². The van der Waals surface area contributed by atoms with E-state index in [2.05, 4.69) is 15.5 Å². The van der Waals surface area contributed by atoms with E-state index in [1.165, 1.54) is 0 Å². The number of hydrogen-bond donors (Lipinski definition) is 3. The van der Waals surface area contributed by atoms with E-state index in [0.29, 0.717) is 11.6 Å². The molecule has 1 heterocycles. The second-order valence-electron chi connectivity index (χ2n) is 5.54. The molecule has 2 aromatic rings. The maximum absolute atomic E-state index is 12.4. The fourth-order valence-electron chi connectivity index (χ4n) is 2.37. The highest BCUT2D eigenvalue weighted by Gasteiger charge is 2.30. The smallest absolute Gasteiger partial charge is 0.278 e. The molecule has 1 aliphatic carbocycles. The van der Waals surface area contributed by atoms with Crippen LogP contribution < -0.4 is 16.0 Å². The van der Waals surface area contributed by atoms with Crippen LogP contribution in [-0.4, -0.2) is 30.2 Å². The Hall–Kier alpha value is -2.50. The van der Waals surface area contributed by atoms with E-state index in [0.717, 1.165) is 29.9 Å². The monoisotopic (exact) mass is 285 g/mol. The number of nitrogen functional groups attached to an aromatic ring is 1. The number of nitrogens with zero attached hydrogens (tertiary/aromatic N) is 2. The molecule has 1 fully saturated rings. The van der Waals surface area contributed by atoms with Gasteiger partial charge in [0.25, 0.3) is 5.91 Å². The molecule has 0 spiro atoms. The second-order valence-corrected chi connectivity index (χ2v) is 5.54. The average Bonchev–Trinajstić information content (AvgIpc) is 3.22. The SMILES string of the molecule is CN(C)c1ccccc1NC(=O)c1n[nH]c(C2CC2)c1N. The number of nitrogens with two attached hydrogens (primary N) is 1. The summed E-state index contributed by atoms with van der Waals surface area (Å²) in [5.41, 5.74) is 9.33. The van der Waals surface area contributed by atoms with Crippen LogP contribution in [0, 0.1) is 0 Å². The molecule has 1 aromatic heterocycles. The van der Waals surface area contributed by atoms with Gasteiger partial charge in [-0.05, 0) is 25.0 Å². The van der Waals surface area contributed by atoms with Gasteiger partial charge in [-0.25, -0.2) is 0 Å². The summed E-state index contributed by atoms with van der Waals surface area (Å²) < 4.78 is 0. The van der Waals surface area contributed by atoms with Crippen LogP contribution in [0.4, 0.5) is 17.1 Å². The lowest BCUT2D eigenvalue weighted by Gasteiger charge is -2.17. The van der Waals surface area contributed by atoms with E-state index in [1.807, 2.05) is 43.3 Å². The summed E-state index contributed by atoms with van der Waals surface area (Å²) in [7, 11) is 3.86. The zero-order valence-electron chi connectivity index (χ0n) is 12.2. The van der Waals surface area contributed by atoms with Gasteiger partial charge in [0, 0.05) is 20.0 Å². The zero-order valence-corrected chi connectivity index (χ0v) is 12.2. The maximum atomic E-state index is 12.4. The quantitative estimate of drug-likeness (QED) is 0.803. The van der Waals surface area contributed by atoms with Crippen molar-refractivity contribution in [2.45, 2.75) is 18.8 Å². The first-order chi connectivity index (χ1) is 10.1. The molecule has 110 valence electrons. The van der Waals surface area contributed by atoms with E-state index in [-0.39, 0.29) is 11.6 Å². The molecule has 21 heavy (non-hydrogen) atoms. The van der Waals surface area contributed by atoms with Crippen LogP contribution >= 0.6 is 0 Å². The maximum Gasteiger partial charge on any atom is 0.278 e. The predicted molar refractivity (Wildman–Crippen MR) is 83.7 cm³/mol. The van der Waals surface area contributed by atoms with Crippen molar-refractivity contribution in [2.24, 2.45) is 0 Å². The lowest BCUT2D eigenvalue weighted by atomic mass is 10.2. The first-order valence-corrected chi connectivity index (χ1v) is 6.99. The highest BCUT2D eigenvalue weighted by Crippen LogP contribution is 2.42. The molecule has 0 saturated heterocycles. The Morgan fingerprint density at radius 2 is 2.10 bits per heavy atom. The molecule has 1 amide bonds. The van der Waals surface area contributed by atoms with Gasteiger partial charge in [-0.15, -0.1) is 0 Å². The van der Waals surface area contributed by atoms with Crippen LogP contribution in [0.3, 0.4) is 0 Å². The Labute approximate surface area is 123 Å². The third kappa shape index (κ3) is 2.56. The Balaban J connectivity index is 1.84. The van der Waals surface area contributed by atoms with E-state index < -0.39 is 0 Å². The molecule has 3 rings (SSSR count). The number of hydrogen-bond acceptors (Lipinski definition) is 4. The Morgan fingerprint density at radius 3 is 2.76 bits per heavy atom. The molecule has 0 unspecified atom stereocenters. The van der Waals surface area contributed by atoms with Crippen LogP contribution in [0.25, 0.3) is 0 Å². The molecule has 0 radical (unpaired) electrons. The summed E-state index contributed by atoms with van der Waals surface area (Å²) in [6.07, 6.45) is 2.22. The number of rotatable bonds is 4. The van der Waals surface area contributed by atoms with Gasteiger partial charge in [-0.3, -0.25) is 9.89 Å². The van der Waals surface area contributed by atoms with Crippen molar-refractivity contribution in [2.75, 3.05) is 30.0 Å². The topological polar surface area (TPSA) is 87.0 Å². The number of carbonyl (C=O) groups excluding carboxylic acids is 1. The minimum absolute atomic E-state index is 0.269. The zero-order chi connectivity index (χ0) is 15.0. The van der Waals surface area contributed by atoms with Gasteiger partial charge in [0.15, 0.2) is 5.69 Å². The molecule has 0 aliphatic heterocycles. The Bertz CT molecular complexity index is 672. The first kappa shape index (κ1) is 13.5. The molecular formula is C15H19N5O. The highest BCUT2D eigenvalue weighted by molar-refractivity contribution is 6.08. The van der Waals surface area contributed by atoms with Crippen LogP contribution in [0.2, 0.25) is 0 Å². The second kappa shape index (κ2) is 5.12. The third-order valence-corrected chi connectivity index (χ3v) is 3.67. The summed E-state index contributed by atoms with van der Waals surface area (Å²) in [5, 5.41) is 9.84. The molecule has 1 aromatic carbocycles. The minimum atomic E-state index is -0.287. The molecule has 0 atom stereocenters. The summed E-state index contributed by atoms with van der Waals surface area (Å²) in [6, 6.07) is 7.61. The van der Waals surface area contributed by atoms with Crippen molar-refractivity contribution in [1.82, 2.24) is 10.2 Å². The van der Waals surface area contributed by atoms with Crippen LogP contribution in [-0.2, 0) is 0 Å². The molecule has 1 saturated carbocycles. The summed E-state index contributed by atoms with van der Waals surface area (Å²) >= 11 is 0. The fourth-order valence-corrected chi connectivity index (χ4v) is 2.37. The summed E-state index contributed by atoms with van der Waals surface area (Å²) in [4.78, 5) is 14.3. The highest BCUT2D eigenvalue weighted by atomic mass is 16.2. The van der Waals surface area contributed by atoms with Gasteiger partial charge in [0.05, 0.1) is 22.8 Å². The van der Waals surface area contributed by atoms with E-state index >= 15 is 0 Å². The number of carbonyl (C=O) groups is 1. The number of amides is 1. The lowest BCUT2D eigenvalue weighted by Crippen LogP contribution is -2.18. The molecule has 6 heteroatoms. The van der Waals surface area contributed by atoms with Crippen molar-refractivity contribution in [3.63, 3.8) is 0 Å². The average molecular weight is 285 g/mol. The van der Waals surface area contributed by atoms with E-state index in [1.54, 1.807) is 0 Å². The third-order valence-electron chi connectivity index (χ3n) is 3.67. The van der Waals surface area contributed by atoms with Crippen molar-refractivity contribution < 1.29 is 4.79 Å². The number of aromatic amines is 1. The van der Waals surface area contributed by atoms with Gasteiger partial charge in [0.1, 0.15) is 0 Å². The van der Waals surface area contributed by atoms with Crippen molar-refractivity contribution in [3.05, 3.63) is 35.7 Å². The normalized spacial score (nSPS) is 14.0. The molecular weight excluding hydrogens is 266 g/mol. The Kier molecular flexibility index (Phi) is 3.29. The van der Waals surface area contributed by atoms with E-state index in [4.69, 9.17) is 5.73 Å². The van der Waals surface area contributed by atoms with Gasteiger partial charge >= 0.3 is 0 Å². The number of para-hydroxylation sites is 2. The van der Waals surface area contributed by atoms with Crippen molar-refractivity contribution in [3.8, 4) is 0 Å². The summed E-state index contributed by atoms with van der Waals surface area (Å²) in [5.74, 6) is 0.151. The fraction of sp³-hybridized carbons (Fsp3) is 0.333. The predicted octanol–water partition coefficient (Wildman–Crippen LogP) is 2.19. The Morgan fingerprint density at radius 1 is 1.38 bits per heavy atom. The number of aromatic nitrogens is 2. The number of benzene rings is 1. The molecule has 0 bridgehead atoms.